The Morgan fingerprint density at radius 1 is 1.41 bits per heavy atom. The van der Waals surface area contributed by atoms with Gasteiger partial charge in [0.2, 0.25) is 0 Å². The molecule has 3 rings (SSSR count). The summed E-state index contributed by atoms with van der Waals surface area (Å²) in [7, 11) is 0. The fraction of sp³-hybridized carbons (Fsp3) is 0.562. The third-order valence-corrected chi connectivity index (χ3v) is 5.20. The van der Waals surface area contributed by atoms with E-state index in [2.05, 4.69) is 11.9 Å². The van der Waals surface area contributed by atoms with Crippen LogP contribution in [0.4, 0.5) is 0 Å². The van der Waals surface area contributed by atoms with Crippen molar-refractivity contribution in [1.82, 2.24) is 9.55 Å². The lowest BCUT2D eigenvalue weighted by Crippen LogP contribution is -2.26. The van der Waals surface area contributed by atoms with Gasteiger partial charge in [0.1, 0.15) is 11.4 Å². The van der Waals surface area contributed by atoms with E-state index >= 15 is 0 Å². The van der Waals surface area contributed by atoms with E-state index in [-0.39, 0.29) is 18.1 Å². The summed E-state index contributed by atoms with van der Waals surface area (Å²) in [6.07, 6.45) is 7.54. The summed E-state index contributed by atoms with van der Waals surface area (Å²) in [5.74, 6) is -0.369. The van der Waals surface area contributed by atoms with Crippen molar-refractivity contribution in [2.45, 2.75) is 52.0 Å². The van der Waals surface area contributed by atoms with E-state index in [0.29, 0.717) is 12.0 Å². The van der Waals surface area contributed by atoms with Gasteiger partial charge in [-0.05, 0) is 31.2 Å². The van der Waals surface area contributed by atoms with Crippen LogP contribution in [0.15, 0.2) is 11.1 Å². The molecule has 0 saturated heterocycles. The van der Waals surface area contributed by atoms with Crippen molar-refractivity contribution in [3.63, 3.8) is 0 Å². The van der Waals surface area contributed by atoms with Crippen molar-refractivity contribution >= 4 is 27.5 Å². The summed E-state index contributed by atoms with van der Waals surface area (Å²) >= 11 is 1.61. The summed E-state index contributed by atoms with van der Waals surface area (Å²) in [4.78, 5) is 30.8. The Balaban J connectivity index is 1.76. The van der Waals surface area contributed by atoms with Gasteiger partial charge < -0.3 is 4.74 Å². The second-order valence-corrected chi connectivity index (χ2v) is 6.73. The van der Waals surface area contributed by atoms with E-state index < -0.39 is 0 Å². The van der Waals surface area contributed by atoms with Gasteiger partial charge in [-0.15, -0.1) is 11.3 Å². The molecule has 2 aromatic rings. The predicted molar refractivity (Wildman–Crippen MR) is 86.4 cm³/mol. The molecule has 0 radical (unpaired) electrons. The maximum absolute atomic E-state index is 12.6. The highest BCUT2D eigenvalue weighted by molar-refractivity contribution is 7.18. The van der Waals surface area contributed by atoms with E-state index in [1.807, 2.05) is 0 Å². The number of aryl methyl sites for hydroxylation is 2. The normalized spacial score (nSPS) is 13.5. The Labute approximate surface area is 132 Å². The molecule has 1 aliphatic rings. The number of unbranched alkanes of at least 4 members (excludes halogenated alkanes) is 2. The lowest BCUT2D eigenvalue weighted by Gasteiger charge is -2.06. The Hall–Kier alpha value is -1.69. The highest BCUT2D eigenvalue weighted by Gasteiger charge is 2.21. The minimum atomic E-state index is -0.369. The molecule has 0 aliphatic heterocycles. The number of rotatable bonds is 6. The summed E-state index contributed by atoms with van der Waals surface area (Å²) in [6.45, 7) is 2.46. The van der Waals surface area contributed by atoms with E-state index in [1.54, 1.807) is 11.3 Å². The van der Waals surface area contributed by atoms with Gasteiger partial charge in [0.05, 0.1) is 18.3 Å². The molecule has 0 fully saturated rings. The van der Waals surface area contributed by atoms with Crippen molar-refractivity contribution in [1.29, 1.82) is 0 Å². The van der Waals surface area contributed by atoms with Crippen LogP contribution < -0.4 is 5.56 Å². The maximum atomic E-state index is 12.6. The summed E-state index contributed by atoms with van der Waals surface area (Å²) < 4.78 is 6.54. The number of nitrogens with zero attached hydrogens (tertiary/aromatic N) is 2. The Morgan fingerprint density at radius 2 is 2.27 bits per heavy atom. The minimum absolute atomic E-state index is 0.0570. The van der Waals surface area contributed by atoms with Crippen molar-refractivity contribution < 1.29 is 9.53 Å². The number of thiophene rings is 1. The van der Waals surface area contributed by atoms with Crippen molar-refractivity contribution in [3.05, 3.63) is 27.1 Å². The predicted octanol–water partition coefficient (Wildman–Crippen LogP) is 2.68. The fourth-order valence-electron chi connectivity index (χ4n) is 2.85. The first kappa shape index (κ1) is 15.2. The number of esters is 1. The molecule has 0 atom stereocenters. The van der Waals surface area contributed by atoms with Crippen LogP contribution in [-0.4, -0.2) is 22.1 Å². The van der Waals surface area contributed by atoms with Gasteiger partial charge in [-0.3, -0.25) is 14.2 Å². The second-order valence-electron chi connectivity index (χ2n) is 5.64. The van der Waals surface area contributed by atoms with Crippen LogP contribution in [0.5, 0.6) is 0 Å². The molecule has 118 valence electrons. The van der Waals surface area contributed by atoms with Crippen LogP contribution in [-0.2, 0) is 28.9 Å². The van der Waals surface area contributed by atoms with E-state index in [0.717, 1.165) is 48.9 Å². The van der Waals surface area contributed by atoms with Crippen molar-refractivity contribution in [2.24, 2.45) is 0 Å². The van der Waals surface area contributed by atoms with Gasteiger partial charge >= 0.3 is 5.97 Å². The molecule has 0 amide bonds. The fourth-order valence-corrected chi connectivity index (χ4v) is 4.07. The van der Waals surface area contributed by atoms with Crippen LogP contribution >= 0.6 is 11.3 Å². The number of ether oxygens (including phenoxy) is 1. The minimum Gasteiger partial charge on any atom is -0.464 e. The molecule has 22 heavy (non-hydrogen) atoms. The Morgan fingerprint density at radius 3 is 3.09 bits per heavy atom. The highest BCUT2D eigenvalue weighted by atomic mass is 32.1. The Bertz CT molecular complexity index is 748. The average Bonchev–Trinajstić information content (AvgIpc) is 3.07. The Kier molecular flexibility index (Phi) is 4.57. The van der Waals surface area contributed by atoms with Crippen molar-refractivity contribution in [3.8, 4) is 0 Å². The van der Waals surface area contributed by atoms with Gasteiger partial charge in [0, 0.05) is 4.88 Å². The summed E-state index contributed by atoms with van der Waals surface area (Å²) in [6, 6.07) is 0. The van der Waals surface area contributed by atoms with E-state index in [1.165, 1.54) is 15.8 Å². The zero-order chi connectivity index (χ0) is 15.5. The van der Waals surface area contributed by atoms with Gasteiger partial charge in [-0.2, -0.15) is 0 Å². The molecule has 2 aromatic heterocycles. The second kappa shape index (κ2) is 6.60. The highest BCUT2D eigenvalue weighted by Crippen LogP contribution is 2.34. The first-order chi connectivity index (χ1) is 10.7. The summed E-state index contributed by atoms with van der Waals surface area (Å²) in [5, 5.41) is 0.707. The molecular weight excluding hydrogens is 300 g/mol. The van der Waals surface area contributed by atoms with Gasteiger partial charge in [-0.1, -0.05) is 19.8 Å². The van der Waals surface area contributed by atoms with Crippen LogP contribution in [0.3, 0.4) is 0 Å². The first-order valence-corrected chi connectivity index (χ1v) is 8.67. The average molecular weight is 320 g/mol. The SMILES string of the molecule is CCCCCOC(=O)Cn1cnc2sc3c(c2c1=O)CCC3. The zero-order valence-corrected chi connectivity index (χ0v) is 13.6. The van der Waals surface area contributed by atoms with Crippen LogP contribution in [0, 0.1) is 0 Å². The topological polar surface area (TPSA) is 61.2 Å². The molecular formula is C16H20N2O3S. The number of hydrogen-bond acceptors (Lipinski definition) is 5. The lowest BCUT2D eigenvalue weighted by molar-refractivity contribution is -0.144. The molecule has 0 saturated carbocycles. The quantitative estimate of drug-likeness (QED) is 0.606. The molecule has 6 heteroatoms. The van der Waals surface area contributed by atoms with Gasteiger partial charge in [0.25, 0.3) is 5.56 Å². The standard InChI is InChI=1S/C16H20N2O3S/c1-2-3-4-8-21-13(19)9-18-10-17-15-14(16(18)20)11-6-5-7-12(11)22-15/h10H,2-9H2,1H3. The van der Waals surface area contributed by atoms with Crippen molar-refractivity contribution in [2.75, 3.05) is 6.61 Å². The molecule has 0 unspecified atom stereocenters. The molecule has 0 bridgehead atoms. The molecule has 0 N–H and O–H groups in total. The number of aromatic nitrogens is 2. The van der Waals surface area contributed by atoms with Crippen LogP contribution in [0.2, 0.25) is 0 Å². The number of hydrogen-bond donors (Lipinski definition) is 0. The third-order valence-electron chi connectivity index (χ3n) is 4.00. The zero-order valence-electron chi connectivity index (χ0n) is 12.8. The number of carbonyl (C=O) groups excluding carboxylic acids is 1. The number of fused-ring (bicyclic) bond motifs is 3. The van der Waals surface area contributed by atoms with E-state index in [4.69, 9.17) is 4.74 Å². The van der Waals surface area contributed by atoms with Gasteiger partial charge in [-0.25, -0.2) is 4.98 Å². The maximum Gasteiger partial charge on any atom is 0.326 e. The largest absolute Gasteiger partial charge is 0.464 e. The van der Waals surface area contributed by atoms with Crippen LogP contribution in [0.25, 0.3) is 10.2 Å². The van der Waals surface area contributed by atoms with Gasteiger partial charge in [0.15, 0.2) is 0 Å². The number of carbonyl (C=O) groups is 1. The molecule has 0 spiro atoms. The lowest BCUT2D eigenvalue weighted by atomic mass is 10.2. The molecule has 0 aromatic carbocycles. The molecule has 5 nitrogen and oxygen atoms in total. The molecule has 2 heterocycles. The smallest absolute Gasteiger partial charge is 0.326 e. The summed E-state index contributed by atoms with van der Waals surface area (Å²) in [5.41, 5.74) is 1.03. The first-order valence-electron chi connectivity index (χ1n) is 7.86. The van der Waals surface area contributed by atoms with E-state index in [9.17, 15) is 9.59 Å². The van der Waals surface area contributed by atoms with Crippen LogP contribution in [0.1, 0.15) is 43.0 Å². The third kappa shape index (κ3) is 2.92. The molecule has 1 aliphatic carbocycles. The monoisotopic (exact) mass is 320 g/mol.